The van der Waals surface area contributed by atoms with E-state index in [1.165, 1.54) is 8.61 Å². The minimum Gasteiger partial charge on any atom is -0.302 e. The molecule has 0 N–H and O–H groups in total. The van der Waals surface area contributed by atoms with Gasteiger partial charge in [-0.25, -0.2) is 0 Å². The van der Waals surface area contributed by atoms with Crippen LogP contribution < -0.4 is 0 Å². The molecule has 6 heteroatoms. The third-order valence-corrected chi connectivity index (χ3v) is 5.19. The van der Waals surface area contributed by atoms with Crippen molar-refractivity contribution in [1.29, 1.82) is 0 Å². The Balaban J connectivity index is 2.76. The van der Waals surface area contributed by atoms with E-state index in [1.807, 2.05) is 6.92 Å². The monoisotopic (exact) mass is 262 g/mol. The van der Waals surface area contributed by atoms with Gasteiger partial charge in [-0.05, 0) is 19.3 Å². The highest BCUT2D eigenvalue weighted by Gasteiger charge is 2.34. The molecule has 1 aliphatic rings. The molecule has 0 radical (unpaired) electrons. The number of unbranched alkanes of at least 4 members (excludes halogenated alkanes) is 1. The summed E-state index contributed by atoms with van der Waals surface area (Å²) in [5.41, 5.74) is 0. The normalized spacial score (nSPS) is 22.9. The Morgan fingerprint density at radius 2 is 2.12 bits per heavy atom. The topological polar surface area (TPSA) is 57.7 Å². The first kappa shape index (κ1) is 14.6. The van der Waals surface area contributed by atoms with Gasteiger partial charge >= 0.3 is 0 Å². The van der Waals surface area contributed by atoms with Crippen molar-refractivity contribution in [1.82, 2.24) is 8.61 Å². The standard InChI is InChI=1S/C11H22N2O3S/c1-3-4-8-12(2)17(15,16)13-9-6-5-7-11(13)10-14/h10-11H,3-9H2,1-2H3. The molecule has 5 nitrogen and oxygen atoms in total. The quantitative estimate of drug-likeness (QED) is 0.671. The Morgan fingerprint density at radius 1 is 1.41 bits per heavy atom. The van der Waals surface area contributed by atoms with Gasteiger partial charge in [0.15, 0.2) is 0 Å². The average Bonchev–Trinajstić information content (AvgIpc) is 2.35. The number of rotatable bonds is 6. The molecule has 0 saturated carbocycles. The molecule has 0 amide bonds. The minimum absolute atomic E-state index is 0.461. The van der Waals surface area contributed by atoms with Crippen LogP contribution in [0.3, 0.4) is 0 Å². The number of hydrogen-bond donors (Lipinski definition) is 0. The molecular formula is C11H22N2O3S. The highest BCUT2D eigenvalue weighted by atomic mass is 32.2. The number of carbonyl (C=O) groups is 1. The van der Waals surface area contributed by atoms with E-state index in [9.17, 15) is 13.2 Å². The van der Waals surface area contributed by atoms with Crippen LogP contribution in [0.25, 0.3) is 0 Å². The molecule has 0 aliphatic carbocycles. The Bertz CT molecular complexity index is 343. The summed E-state index contributed by atoms with van der Waals surface area (Å²) < 4.78 is 27.2. The molecule has 1 aliphatic heterocycles. The van der Waals surface area contributed by atoms with Crippen molar-refractivity contribution in [2.45, 2.75) is 45.1 Å². The summed E-state index contributed by atoms with van der Waals surface area (Å²) >= 11 is 0. The zero-order valence-electron chi connectivity index (χ0n) is 10.6. The van der Waals surface area contributed by atoms with E-state index >= 15 is 0 Å². The van der Waals surface area contributed by atoms with Crippen LogP contribution in [-0.2, 0) is 15.0 Å². The van der Waals surface area contributed by atoms with Crippen LogP contribution in [-0.4, -0.2) is 49.5 Å². The summed E-state index contributed by atoms with van der Waals surface area (Å²) in [6, 6.07) is -0.474. The summed E-state index contributed by atoms with van der Waals surface area (Å²) in [7, 11) is -1.88. The van der Waals surface area contributed by atoms with Gasteiger partial charge in [0.2, 0.25) is 0 Å². The molecule has 1 heterocycles. The third kappa shape index (κ3) is 3.50. The molecule has 1 unspecified atom stereocenters. The maximum Gasteiger partial charge on any atom is 0.282 e. The second kappa shape index (κ2) is 6.47. The van der Waals surface area contributed by atoms with Crippen LogP contribution in [0.4, 0.5) is 0 Å². The van der Waals surface area contributed by atoms with Crippen LogP contribution in [0, 0.1) is 0 Å². The minimum atomic E-state index is -3.46. The first-order valence-corrected chi connectivity index (χ1v) is 7.62. The zero-order valence-corrected chi connectivity index (χ0v) is 11.4. The molecule has 0 bridgehead atoms. The Hall–Kier alpha value is -0.460. The average molecular weight is 262 g/mol. The van der Waals surface area contributed by atoms with Crippen LogP contribution in [0.5, 0.6) is 0 Å². The molecule has 1 atom stereocenters. The molecule has 0 aromatic heterocycles. The second-order valence-corrected chi connectivity index (χ2v) is 6.48. The van der Waals surface area contributed by atoms with Crippen LogP contribution >= 0.6 is 0 Å². The smallest absolute Gasteiger partial charge is 0.282 e. The fourth-order valence-electron chi connectivity index (χ4n) is 2.03. The molecule has 0 spiro atoms. The van der Waals surface area contributed by atoms with Crippen molar-refractivity contribution in [2.75, 3.05) is 20.1 Å². The molecular weight excluding hydrogens is 240 g/mol. The lowest BCUT2D eigenvalue weighted by molar-refractivity contribution is -0.111. The summed E-state index contributed by atoms with van der Waals surface area (Å²) in [5, 5.41) is 0. The number of piperidine rings is 1. The zero-order chi connectivity index (χ0) is 12.9. The lowest BCUT2D eigenvalue weighted by Gasteiger charge is -2.34. The maximum atomic E-state index is 12.3. The largest absolute Gasteiger partial charge is 0.302 e. The van der Waals surface area contributed by atoms with Gasteiger partial charge in [0, 0.05) is 20.1 Å². The molecule has 17 heavy (non-hydrogen) atoms. The van der Waals surface area contributed by atoms with Crippen molar-refractivity contribution in [2.24, 2.45) is 0 Å². The van der Waals surface area contributed by atoms with Gasteiger partial charge in [0.25, 0.3) is 10.2 Å². The maximum absolute atomic E-state index is 12.3. The Morgan fingerprint density at radius 3 is 2.71 bits per heavy atom. The SMILES string of the molecule is CCCCN(C)S(=O)(=O)N1CCCCC1C=O. The van der Waals surface area contributed by atoms with E-state index in [-0.39, 0.29) is 0 Å². The van der Waals surface area contributed by atoms with Gasteiger partial charge in [-0.15, -0.1) is 0 Å². The van der Waals surface area contributed by atoms with Crippen molar-refractivity contribution < 1.29 is 13.2 Å². The predicted molar refractivity (Wildman–Crippen MR) is 66.9 cm³/mol. The molecule has 0 aromatic rings. The van der Waals surface area contributed by atoms with Gasteiger partial charge in [-0.1, -0.05) is 19.8 Å². The van der Waals surface area contributed by atoms with Gasteiger partial charge < -0.3 is 4.79 Å². The molecule has 1 fully saturated rings. The second-order valence-electron chi connectivity index (χ2n) is 4.49. The lowest BCUT2D eigenvalue weighted by atomic mass is 10.1. The van der Waals surface area contributed by atoms with E-state index < -0.39 is 16.3 Å². The van der Waals surface area contributed by atoms with Crippen LogP contribution in [0.1, 0.15) is 39.0 Å². The summed E-state index contributed by atoms with van der Waals surface area (Å²) in [6.07, 6.45) is 4.96. The first-order valence-electron chi connectivity index (χ1n) is 6.22. The third-order valence-electron chi connectivity index (χ3n) is 3.17. The van der Waals surface area contributed by atoms with Crippen LogP contribution in [0.15, 0.2) is 0 Å². The lowest BCUT2D eigenvalue weighted by Crippen LogP contribution is -2.50. The van der Waals surface area contributed by atoms with Gasteiger partial charge in [-0.3, -0.25) is 0 Å². The van der Waals surface area contributed by atoms with Crippen molar-refractivity contribution >= 4 is 16.5 Å². The molecule has 1 rings (SSSR count). The fraction of sp³-hybridized carbons (Fsp3) is 0.909. The first-order chi connectivity index (χ1) is 8.04. The van der Waals surface area contributed by atoms with Gasteiger partial charge in [0.05, 0.1) is 6.04 Å². The van der Waals surface area contributed by atoms with Gasteiger partial charge in [-0.2, -0.15) is 17.0 Å². The predicted octanol–water partition coefficient (Wildman–Crippen LogP) is 1.02. The number of carbonyl (C=O) groups excluding carboxylic acids is 1. The number of aldehydes is 1. The van der Waals surface area contributed by atoms with E-state index in [1.54, 1.807) is 7.05 Å². The Labute approximate surface area is 104 Å². The van der Waals surface area contributed by atoms with E-state index in [0.717, 1.165) is 32.0 Å². The van der Waals surface area contributed by atoms with E-state index in [4.69, 9.17) is 0 Å². The Kier molecular flexibility index (Phi) is 5.55. The number of hydrogen-bond acceptors (Lipinski definition) is 3. The van der Waals surface area contributed by atoms with E-state index in [0.29, 0.717) is 19.5 Å². The van der Waals surface area contributed by atoms with E-state index in [2.05, 4.69) is 0 Å². The van der Waals surface area contributed by atoms with Crippen molar-refractivity contribution in [3.63, 3.8) is 0 Å². The summed E-state index contributed by atoms with van der Waals surface area (Å²) in [4.78, 5) is 10.9. The highest BCUT2D eigenvalue weighted by molar-refractivity contribution is 7.86. The number of nitrogens with zero attached hydrogens (tertiary/aromatic N) is 2. The summed E-state index contributed by atoms with van der Waals surface area (Å²) in [6.45, 7) is 3.00. The molecule has 0 aromatic carbocycles. The molecule has 100 valence electrons. The van der Waals surface area contributed by atoms with Gasteiger partial charge in [0.1, 0.15) is 6.29 Å². The summed E-state index contributed by atoms with van der Waals surface area (Å²) in [5.74, 6) is 0. The fourth-order valence-corrected chi connectivity index (χ4v) is 3.60. The van der Waals surface area contributed by atoms with Crippen molar-refractivity contribution in [3.05, 3.63) is 0 Å². The highest BCUT2D eigenvalue weighted by Crippen LogP contribution is 2.21. The molecule has 1 saturated heterocycles. The van der Waals surface area contributed by atoms with Crippen LogP contribution in [0.2, 0.25) is 0 Å². The van der Waals surface area contributed by atoms with Crippen molar-refractivity contribution in [3.8, 4) is 0 Å².